The molecule has 1 amide bonds. The van der Waals surface area contributed by atoms with E-state index in [-0.39, 0.29) is 23.7 Å². The fourth-order valence-electron chi connectivity index (χ4n) is 2.50. The molecule has 1 unspecified atom stereocenters. The fraction of sp³-hybridized carbons (Fsp3) is 0.529. The third-order valence-corrected chi connectivity index (χ3v) is 3.99. The van der Waals surface area contributed by atoms with Crippen molar-refractivity contribution in [2.24, 2.45) is 0 Å². The lowest BCUT2D eigenvalue weighted by molar-refractivity contribution is 0.00940. The molecule has 3 rings (SSSR count). The quantitative estimate of drug-likeness (QED) is 0.906. The Morgan fingerprint density at radius 3 is 2.75 bits per heavy atom. The second-order valence-electron chi connectivity index (χ2n) is 6.26. The van der Waals surface area contributed by atoms with Gasteiger partial charge in [-0.1, -0.05) is 19.0 Å². The molecule has 1 saturated heterocycles. The summed E-state index contributed by atoms with van der Waals surface area (Å²) in [4.78, 5) is 20.8. The zero-order chi connectivity index (χ0) is 16.9. The van der Waals surface area contributed by atoms with E-state index in [0.717, 1.165) is 37.1 Å². The van der Waals surface area contributed by atoms with Crippen LogP contribution < -0.4 is 5.32 Å². The zero-order valence-electron chi connectivity index (χ0n) is 14.0. The number of hydrogen-bond donors (Lipinski definition) is 1. The number of hydrogen-bond acceptors (Lipinski definition) is 6. The van der Waals surface area contributed by atoms with Crippen molar-refractivity contribution in [1.29, 1.82) is 0 Å². The van der Waals surface area contributed by atoms with Crippen LogP contribution in [-0.2, 0) is 11.3 Å². The number of aromatic nitrogens is 3. The van der Waals surface area contributed by atoms with Gasteiger partial charge in [-0.2, -0.15) is 0 Å². The van der Waals surface area contributed by atoms with Crippen LogP contribution in [0.5, 0.6) is 0 Å². The van der Waals surface area contributed by atoms with Crippen molar-refractivity contribution in [1.82, 2.24) is 20.4 Å². The first kappa shape index (κ1) is 16.6. The molecule has 128 valence electrons. The van der Waals surface area contributed by atoms with Gasteiger partial charge in [0.25, 0.3) is 5.91 Å². The summed E-state index contributed by atoms with van der Waals surface area (Å²) in [6, 6.07) is 1.67. The van der Waals surface area contributed by atoms with Crippen LogP contribution in [0.15, 0.2) is 23.0 Å². The van der Waals surface area contributed by atoms with Crippen LogP contribution in [0.25, 0.3) is 0 Å². The molecule has 0 aromatic carbocycles. The van der Waals surface area contributed by atoms with Crippen molar-refractivity contribution in [3.63, 3.8) is 0 Å². The number of nitrogens with one attached hydrogen (secondary N) is 1. The molecule has 7 nitrogen and oxygen atoms in total. The molecule has 1 aliphatic rings. The number of nitrogens with zero attached hydrogens (tertiary/aromatic N) is 3. The van der Waals surface area contributed by atoms with Crippen LogP contribution in [-0.4, -0.2) is 27.6 Å². The molecule has 0 bridgehead atoms. The van der Waals surface area contributed by atoms with Gasteiger partial charge in [-0.05, 0) is 25.2 Å². The van der Waals surface area contributed by atoms with Crippen molar-refractivity contribution >= 4 is 5.91 Å². The van der Waals surface area contributed by atoms with Crippen LogP contribution in [0.1, 0.15) is 72.8 Å². The van der Waals surface area contributed by atoms with E-state index in [1.165, 1.54) is 0 Å². The maximum Gasteiger partial charge on any atom is 0.290 e. The third-order valence-electron chi connectivity index (χ3n) is 3.99. The Bertz CT molecular complexity index is 675. The molecule has 1 aliphatic heterocycles. The average molecular weight is 330 g/mol. The summed E-state index contributed by atoms with van der Waals surface area (Å²) in [7, 11) is 0. The molecule has 7 heteroatoms. The summed E-state index contributed by atoms with van der Waals surface area (Å²) in [5.41, 5.74) is 1.59. The molecule has 2 aromatic heterocycles. The summed E-state index contributed by atoms with van der Waals surface area (Å²) in [5.74, 6) is 0.848. The Morgan fingerprint density at radius 2 is 2.12 bits per heavy atom. The van der Waals surface area contributed by atoms with Crippen molar-refractivity contribution in [2.45, 2.75) is 51.7 Å². The van der Waals surface area contributed by atoms with Crippen molar-refractivity contribution in [3.05, 3.63) is 41.3 Å². The Hall–Kier alpha value is -2.28. The second-order valence-corrected chi connectivity index (χ2v) is 6.26. The molecule has 0 saturated carbocycles. The first-order valence-electron chi connectivity index (χ1n) is 8.30. The van der Waals surface area contributed by atoms with Gasteiger partial charge >= 0.3 is 0 Å². The van der Waals surface area contributed by atoms with Gasteiger partial charge in [-0.25, -0.2) is 9.97 Å². The highest BCUT2D eigenvalue weighted by molar-refractivity contribution is 5.91. The standard InChI is InChI=1S/C17H22N4O3/c1-11(2)13-7-15(24-21-13)17(22)20-10-12-8-18-16(19-9-12)14-5-3-4-6-23-14/h7-9,11,14H,3-6,10H2,1-2H3,(H,20,22). The normalized spacial score (nSPS) is 17.9. The number of amides is 1. The summed E-state index contributed by atoms with van der Waals surface area (Å²) in [6.45, 7) is 5.09. The van der Waals surface area contributed by atoms with E-state index in [1.807, 2.05) is 13.8 Å². The Morgan fingerprint density at radius 1 is 1.33 bits per heavy atom. The molecule has 0 spiro atoms. The molecule has 1 N–H and O–H groups in total. The van der Waals surface area contributed by atoms with E-state index in [0.29, 0.717) is 12.4 Å². The van der Waals surface area contributed by atoms with Crippen LogP contribution in [0.4, 0.5) is 0 Å². The highest BCUT2D eigenvalue weighted by Crippen LogP contribution is 2.24. The Kier molecular flexibility index (Phi) is 5.20. The van der Waals surface area contributed by atoms with E-state index in [4.69, 9.17) is 9.26 Å². The monoisotopic (exact) mass is 330 g/mol. The lowest BCUT2D eigenvalue weighted by Crippen LogP contribution is -2.22. The first-order valence-corrected chi connectivity index (χ1v) is 8.30. The van der Waals surface area contributed by atoms with Gasteiger partial charge < -0.3 is 14.6 Å². The van der Waals surface area contributed by atoms with E-state index in [9.17, 15) is 4.79 Å². The number of carbonyl (C=O) groups excluding carboxylic acids is 1. The van der Waals surface area contributed by atoms with Gasteiger partial charge in [0.15, 0.2) is 5.82 Å². The van der Waals surface area contributed by atoms with Gasteiger partial charge in [0.05, 0.1) is 5.69 Å². The predicted molar refractivity (Wildman–Crippen MR) is 86.3 cm³/mol. The Balaban J connectivity index is 1.54. The topological polar surface area (TPSA) is 90.1 Å². The molecule has 2 aromatic rings. The highest BCUT2D eigenvalue weighted by atomic mass is 16.5. The number of rotatable bonds is 5. The minimum atomic E-state index is -0.297. The lowest BCUT2D eigenvalue weighted by Gasteiger charge is -2.21. The summed E-state index contributed by atoms with van der Waals surface area (Å²) >= 11 is 0. The first-order chi connectivity index (χ1) is 11.6. The molecule has 0 aliphatic carbocycles. The average Bonchev–Trinajstić information content (AvgIpc) is 3.11. The summed E-state index contributed by atoms with van der Waals surface area (Å²) in [5, 5.41) is 6.66. The molecule has 3 heterocycles. The zero-order valence-corrected chi connectivity index (χ0v) is 14.0. The Labute approximate surface area is 140 Å². The van der Waals surface area contributed by atoms with Gasteiger partial charge in [-0.3, -0.25) is 4.79 Å². The van der Waals surface area contributed by atoms with Crippen LogP contribution in [0, 0.1) is 0 Å². The minimum Gasteiger partial charge on any atom is -0.370 e. The smallest absolute Gasteiger partial charge is 0.290 e. The van der Waals surface area contributed by atoms with Crippen LogP contribution in [0.3, 0.4) is 0 Å². The molecule has 0 radical (unpaired) electrons. The SMILES string of the molecule is CC(C)c1cc(C(=O)NCc2cnc(C3CCCCO3)nc2)on1. The van der Waals surface area contributed by atoms with E-state index >= 15 is 0 Å². The molecular formula is C17H22N4O3. The maximum atomic E-state index is 12.1. The predicted octanol–water partition coefficient (Wildman–Crippen LogP) is 2.76. The lowest BCUT2D eigenvalue weighted by atomic mass is 10.1. The fourth-order valence-corrected chi connectivity index (χ4v) is 2.50. The van der Waals surface area contributed by atoms with Gasteiger partial charge in [0.2, 0.25) is 5.76 Å². The van der Waals surface area contributed by atoms with Gasteiger partial charge in [-0.15, -0.1) is 0 Å². The number of ether oxygens (including phenoxy) is 1. The van der Waals surface area contributed by atoms with E-state index < -0.39 is 0 Å². The summed E-state index contributed by atoms with van der Waals surface area (Å²) in [6.07, 6.45) is 6.63. The van der Waals surface area contributed by atoms with Crippen molar-refractivity contribution in [3.8, 4) is 0 Å². The van der Waals surface area contributed by atoms with Crippen molar-refractivity contribution in [2.75, 3.05) is 6.61 Å². The molecular weight excluding hydrogens is 308 g/mol. The third kappa shape index (κ3) is 3.97. The summed E-state index contributed by atoms with van der Waals surface area (Å²) < 4.78 is 10.7. The molecule has 1 fully saturated rings. The maximum absolute atomic E-state index is 12.1. The van der Waals surface area contributed by atoms with Crippen molar-refractivity contribution < 1.29 is 14.1 Å². The van der Waals surface area contributed by atoms with Crippen LogP contribution in [0.2, 0.25) is 0 Å². The van der Waals surface area contributed by atoms with E-state index in [1.54, 1.807) is 18.5 Å². The molecule has 24 heavy (non-hydrogen) atoms. The van der Waals surface area contributed by atoms with Gasteiger partial charge in [0.1, 0.15) is 6.10 Å². The molecule has 1 atom stereocenters. The largest absolute Gasteiger partial charge is 0.370 e. The number of carbonyl (C=O) groups is 1. The second kappa shape index (κ2) is 7.53. The van der Waals surface area contributed by atoms with Gasteiger partial charge in [0, 0.05) is 37.2 Å². The van der Waals surface area contributed by atoms with Crippen LogP contribution >= 0.6 is 0 Å². The highest BCUT2D eigenvalue weighted by Gasteiger charge is 2.19. The van der Waals surface area contributed by atoms with E-state index in [2.05, 4.69) is 20.4 Å². The minimum absolute atomic E-state index is 0.00830.